The number of amides is 1. The van der Waals surface area contributed by atoms with Crippen LogP contribution < -0.4 is 11.1 Å². The van der Waals surface area contributed by atoms with Gasteiger partial charge in [-0.1, -0.05) is 38.0 Å². The number of carbonyl (C=O) groups excluding carboxylic acids is 1. The predicted molar refractivity (Wildman–Crippen MR) is 80.8 cm³/mol. The number of rotatable bonds is 4. The zero-order chi connectivity index (χ0) is 13.0. The number of carbonyl (C=O) groups is 1. The number of benzene rings is 1. The number of hydrogen-bond donors (Lipinski definition) is 2. The fraction of sp³-hybridized carbons (Fsp3) is 0.533. The second-order valence-corrected chi connectivity index (χ2v) is 5.16. The molecule has 0 aliphatic heterocycles. The number of nitrogens with two attached hydrogens (primary N) is 1. The molecule has 0 unspecified atom stereocenters. The first-order valence-electron chi connectivity index (χ1n) is 6.81. The van der Waals surface area contributed by atoms with Crippen molar-refractivity contribution < 1.29 is 4.79 Å². The van der Waals surface area contributed by atoms with Gasteiger partial charge in [0.2, 0.25) is 0 Å². The molecule has 0 atom stereocenters. The first kappa shape index (κ1) is 16.0. The van der Waals surface area contributed by atoms with Crippen molar-refractivity contribution in [2.24, 2.45) is 5.73 Å². The van der Waals surface area contributed by atoms with E-state index in [1.165, 1.54) is 0 Å². The molecule has 0 heterocycles. The van der Waals surface area contributed by atoms with Crippen LogP contribution in [0.4, 0.5) is 0 Å². The van der Waals surface area contributed by atoms with Gasteiger partial charge in [-0.3, -0.25) is 4.79 Å². The molecule has 0 aromatic heterocycles. The molecule has 3 N–H and O–H groups in total. The highest BCUT2D eigenvalue weighted by Gasteiger charge is 2.34. The zero-order valence-electron chi connectivity index (χ0n) is 11.4. The number of hydrogen-bond acceptors (Lipinski definition) is 2. The minimum atomic E-state index is -0.169. The summed E-state index contributed by atoms with van der Waals surface area (Å²) in [6, 6.07) is 7.80. The van der Waals surface area contributed by atoms with Gasteiger partial charge >= 0.3 is 0 Å². The summed E-state index contributed by atoms with van der Waals surface area (Å²) in [4.78, 5) is 12.4. The quantitative estimate of drug-likeness (QED) is 0.892. The van der Waals surface area contributed by atoms with Gasteiger partial charge in [-0.2, -0.15) is 0 Å². The molecule has 19 heavy (non-hydrogen) atoms. The van der Waals surface area contributed by atoms with E-state index in [1.807, 2.05) is 24.3 Å². The largest absolute Gasteiger partial charge is 0.345 e. The fourth-order valence-electron chi connectivity index (χ4n) is 2.79. The second kappa shape index (κ2) is 6.92. The van der Waals surface area contributed by atoms with Crippen molar-refractivity contribution in [2.45, 2.75) is 44.6 Å². The van der Waals surface area contributed by atoms with E-state index < -0.39 is 0 Å². The average Bonchev–Trinajstić information content (AvgIpc) is 2.87. The molecule has 1 aliphatic carbocycles. The Morgan fingerprint density at radius 2 is 1.95 bits per heavy atom. The van der Waals surface area contributed by atoms with Gasteiger partial charge in [0.15, 0.2) is 0 Å². The Kier molecular flexibility index (Phi) is 5.83. The van der Waals surface area contributed by atoms with E-state index in [-0.39, 0.29) is 23.9 Å². The summed E-state index contributed by atoms with van der Waals surface area (Å²) in [5, 5.41) is 3.17. The molecule has 2 rings (SSSR count). The Morgan fingerprint density at radius 1 is 1.32 bits per heavy atom. The summed E-state index contributed by atoms with van der Waals surface area (Å²) < 4.78 is 0. The van der Waals surface area contributed by atoms with E-state index in [4.69, 9.17) is 5.73 Å². The molecule has 1 aromatic rings. The minimum absolute atomic E-state index is 0. The molecule has 0 saturated heterocycles. The van der Waals surface area contributed by atoms with Crippen LogP contribution in [0.3, 0.4) is 0 Å². The lowest BCUT2D eigenvalue weighted by Crippen LogP contribution is -2.51. The van der Waals surface area contributed by atoms with Gasteiger partial charge in [0.25, 0.3) is 5.91 Å². The van der Waals surface area contributed by atoms with Crippen molar-refractivity contribution in [3.05, 3.63) is 35.4 Å². The monoisotopic (exact) mass is 282 g/mol. The standard InChI is InChI=1S/C15H22N2O.ClH/c1-2-12-7-3-4-8-13(12)14(18)17-15(11-16)9-5-6-10-15;/h3-4,7-8H,2,5-6,9-11,16H2,1H3,(H,17,18);1H. The zero-order valence-corrected chi connectivity index (χ0v) is 12.3. The van der Waals surface area contributed by atoms with Crippen LogP contribution in [0.5, 0.6) is 0 Å². The normalized spacial score (nSPS) is 16.7. The van der Waals surface area contributed by atoms with Crippen molar-refractivity contribution in [2.75, 3.05) is 6.54 Å². The van der Waals surface area contributed by atoms with Crippen molar-refractivity contribution in [1.29, 1.82) is 0 Å². The van der Waals surface area contributed by atoms with Crippen LogP contribution in [0.1, 0.15) is 48.5 Å². The number of halogens is 1. The van der Waals surface area contributed by atoms with E-state index in [0.717, 1.165) is 43.2 Å². The Bertz CT molecular complexity index is 428. The molecule has 1 saturated carbocycles. The maximum absolute atomic E-state index is 12.4. The third-order valence-corrected chi connectivity index (χ3v) is 3.97. The first-order valence-corrected chi connectivity index (χ1v) is 6.81. The van der Waals surface area contributed by atoms with Crippen LogP contribution in [-0.2, 0) is 6.42 Å². The summed E-state index contributed by atoms with van der Waals surface area (Å²) in [6.07, 6.45) is 5.20. The Morgan fingerprint density at radius 3 is 2.53 bits per heavy atom. The highest BCUT2D eigenvalue weighted by atomic mass is 35.5. The van der Waals surface area contributed by atoms with Crippen molar-refractivity contribution in [3.8, 4) is 0 Å². The second-order valence-electron chi connectivity index (χ2n) is 5.16. The highest BCUT2D eigenvalue weighted by molar-refractivity contribution is 5.96. The Labute approximate surface area is 121 Å². The van der Waals surface area contributed by atoms with Crippen LogP contribution in [0.25, 0.3) is 0 Å². The van der Waals surface area contributed by atoms with Gasteiger partial charge in [0.05, 0.1) is 5.54 Å². The lowest BCUT2D eigenvalue weighted by molar-refractivity contribution is 0.0902. The van der Waals surface area contributed by atoms with Crippen molar-refractivity contribution in [3.63, 3.8) is 0 Å². The fourth-order valence-corrected chi connectivity index (χ4v) is 2.79. The third kappa shape index (κ3) is 3.48. The Hall–Kier alpha value is -1.06. The molecule has 0 bridgehead atoms. The summed E-state index contributed by atoms with van der Waals surface area (Å²) in [7, 11) is 0. The van der Waals surface area contributed by atoms with E-state index in [2.05, 4.69) is 12.2 Å². The lowest BCUT2D eigenvalue weighted by atomic mass is 9.96. The van der Waals surface area contributed by atoms with Crippen molar-refractivity contribution >= 4 is 18.3 Å². The third-order valence-electron chi connectivity index (χ3n) is 3.97. The molecular weight excluding hydrogens is 260 g/mol. The summed E-state index contributed by atoms with van der Waals surface area (Å²) in [5.41, 5.74) is 7.57. The molecule has 1 fully saturated rings. The molecule has 1 amide bonds. The van der Waals surface area contributed by atoms with Crippen LogP contribution in [0.15, 0.2) is 24.3 Å². The minimum Gasteiger partial charge on any atom is -0.345 e. The summed E-state index contributed by atoms with van der Waals surface area (Å²) >= 11 is 0. The van der Waals surface area contributed by atoms with Crippen LogP contribution in [0, 0.1) is 0 Å². The lowest BCUT2D eigenvalue weighted by Gasteiger charge is -2.29. The SMILES string of the molecule is CCc1ccccc1C(=O)NC1(CN)CCCC1.Cl. The van der Waals surface area contributed by atoms with E-state index in [1.54, 1.807) is 0 Å². The van der Waals surface area contributed by atoms with Gasteiger partial charge in [-0.05, 0) is 30.9 Å². The number of aryl methyl sites for hydroxylation is 1. The summed E-state index contributed by atoms with van der Waals surface area (Å²) in [6.45, 7) is 2.60. The molecular formula is C15H23ClN2O. The summed E-state index contributed by atoms with van der Waals surface area (Å²) in [5.74, 6) is 0.0276. The molecule has 1 aromatic carbocycles. The van der Waals surface area contributed by atoms with Gasteiger partial charge in [0, 0.05) is 12.1 Å². The predicted octanol–water partition coefficient (Wildman–Crippen LogP) is 2.67. The van der Waals surface area contributed by atoms with E-state index in [0.29, 0.717) is 6.54 Å². The number of nitrogens with one attached hydrogen (secondary N) is 1. The van der Waals surface area contributed by atoms with Gasteiger partial charge in [-0.15, -0.1) is 12.4 Å². The molecule has 1 aliphatic rings. The van der Waals surface area contributed by atoms with E-state index >= 15 is 0 Å². The molecule has 0 radical (unpaired) electrons. The topological polar surface area (TPSA) is 55.1 Å². The molecule has 4 heteroatoms. The maximum atomic E-state index is 12.4. The van der Waals surface area contributed by atoms with Gasteiger partial charge in [0.1, 0.15) is 0 Å². The Balaban J connectivity index is 0.00000180. The first-order chi connectivity index (χ1) is 8.71. The van der Waals surface area contributed by atoms with E-state index in [9.17, 15) is 4.79 Å². The molecule has 3 nitrogen and oxygen atoms in total. The van der Waals surface area contributed by atoms with Crippen LogP contribution in [-0.4, -0.2) is 18.0 Å². The van der Waals surface area contributed by atoms with Gasteiger partial charge in [-0.25, -0.2) is 0 Å². The highest BCUT2D eigenvalue weighted by Crippen LogP contribution is 2.29. The van der Waals surface area contributed by atoms with Crippen LogP contribution in [0.2, 0.25) is 0 Å². The maximum Gasteiger partial charge on any atom is 0.252 e. The van der Waals surface area contributed by atoms with Crippen LogP contribution >= 0.6 is 12.4 Å². The molecule has 0 spiro atoms. The van der Waals surface area contributed by atoms with Crippen molar-refractivity contribution in [1.82, 2.24) is 5.32 Å². The smallest absolute Gasteiger partial charge is 0.252 e. The molecule has 106 valence electrons. The average molecular weight is 283 g/mol. The van der Waals surface area contributed by atoms with Gasteiger partial charge < -0.3 is 11.1 Å².